The summed E-state index contributed by atoms with van der Waals surface area (Å²) in [4.78, 5) is 10.3. The maximum Gasteiger partial charge on any atom is 0.319 e. The summed E-state index contributed by atoms with van der Waals surface area (Å²) in [6.45, 7) is -0.626. The van der Waals surface area contributed by atoms with E-state index in [0.717, 1.165) is 10.1 Å². The van der Waals surface area contributed by atoms with Gasteiger partial charge in [-0.2, -0.15) is 13.9 Å². The van der Waals surface area contributed by atoms with Crippen molar-refractivity contribution >= 4 is 5.96 Å². The first-order valence-corrected chi connectivity index (χ1v) is 7.94. The van der Waals surface area contributed by atoms with Crippen LogP contribution in [0.3, 0.4) is 0 Å². The maximum atomic E-state index is 12.9. The third kappa shape index (κ3) is 3.95. The van der Waals surface area contributed by atoms with Crippen LogP contribution in [-0.4, -0.2) is 56.9 Å². The quantitative estimate of drug-likeness (QED) is 0.660. The summed E-state index contributed by atoms with van der Waals surface area (Å²) in [6, 6.07) is 0. The van der Waals surface area contributed by atoms with E-state index in [0.29, 0.717) is 25.7 Å². The summed E-state index contributed by atoms with van der Waals surface area (Å²) < 4.78 is 34.2. The van der Waals surface area contributed by atoms with Crippen LogP contribution < -0.4 is 5.32 Å². The molecule has 0 saturated carbocycles. The largest absolute Gasteiger partial charge is 0.370 e. The Hall–Kier alpha value is -2.49. The number of hydrogen-bond donors (Lipinski definition) is 1. The summed E-state index contributed by atoms with van der Waals surface area (Å²) in [5.74, 6) is 0.884. The van der Waals surface area contributed by atoms with Gasteiger partial charge in [-0.05, 0) is 0 Å². The number of halogens is 2. The zero-order chi connectivity index (χ0) is 17.8. The van der Waals surface area contributed by atoms with Crippen molar-refractivity contribution in [2.45, 2.75) is 19.2 Å². The predicted molar refractivity (Wildman–Crippen MR) is 87.2 cm³/mol. The summed E-state index contributed by atoms with van der Waals surface area (Å²) in [7, 11) is 3.52. The smallest absolute Gasteiger partial charge is 0.319 e. The minimum atomic E-state index is -2.61. The Kier molecular flexibility index (Phi) is 5.27. The number of guanidine groups is 1. The summed E-state index contributed by atoms with van der Waals surface area (Å²) in [6.07, 6.45) is 6.22. The second kappa shape index (κ2) is 7.60. The lowest BCUT2D eigenvalue weighted by atomic mass is 10.1. The van der Waals surface area contributed by atoms with Gasteiger partial charge in [-0.3, -0.25) is 14.2 Å². The van der Waals surface area contributed by atoms with Crippen molar-refractivity contribution in [1.82, 2.24) is 29.5 Å². The van der Waals surface area contributed by atoms with Crippen LogP contribution in [-0.2, 0) is 18.3 Å². The van der Waals surface area contributed by atoms with Gasteiger partial charge in [0, 0.05) is 44.8 Å². The molecule has 1 fully saturated rings. The van der Waals surface area contributed by atoms with Crippen molar-refractivity contribution in [2.24, 2.45) is 12.0 Å². The molecule has 2 aromatic rings. The summed E-state index contributed by atoms with van der Waals surface area (Å²) in [5.41, 5.74) is 0.996. The highest BCUT2D eigenvalue weighted by Gasteiger charge is 2.25. The van der Waals surface area contributed by atoms with E-state index in [2.05, 4.69) is 20.4 Å². The van der Waals surface area contributed by atoms with Gasteiger partial charge >= 0.3 is 6.55 Å². The molecule has 8 nitrogen and oxygen atoms in total. The maximum absolute atomic E-state index is 12.9. The average Bonchev–Trinajstić information content (AvgIpc) is 3.25. The summed E-state index contributed by atoms with van der Waals surface area (Å²) in [5, 5.41) is 7.27. The van der Waals surface area contributed by atoms with E-state index in [4.69, 9.17) is 4.74 Å². The Balaban J connectivity index is 1.63. The number of nitrogens with one attached hydrogen (secondary N) is 1. The van der Waals surface area contributed by atoms with E-state index in [1.54, 1.807) is 17.9 Å². The van der Waals surface area contributed by atoms with Crippen LogP contribution in [0.5, 0.6) is 0 Å². The van der Waals surface area contributed by atoms with Crippen LogP contribution in [0.25, 0.3) is 0 Å². The highest BCUT2D eigenvalue weighted by Crippen LogP contribution is 2.21. The molecule has 1 aliphatic heterocycles. The molecule has 0 bridgehead atoms. The minimum Gasteiger partial charge on any atom is -0.370 e. The number of hydrogen-bond acceptors (Lipinski definition) is 4. The number of morpholine rings is 1. The monoisotopic (exact) mass is 353 g/mol. The van der Waals surface area contributed by atoms with Gasteiger partial charge in [0.2, 0.25) is 0 Å². The molecule has 136 valence electrons. The second-order valence-corrected chi connectivity index (χ2v) is 5.68. The van der Waals surface area contributed by atoms with Crippen molar-refractivity contribution < 1.29 is 13.5 Å². The number of ether oxygens (including phenoxy) is 1. The third-order valence-corrected chi connectivity index (χ3v) is 4.04. The average molecular weight is 353 g/mol. The molecule has 10 heteroatoms. The van der Waals surface area contributed by atoms with Gasteiger partial charge in [0.25, 0.3) is 0 Å². The molecule has 0 aliphatic carbocycles. The van der Waals surface area contributed by atoms with Crippen molar-refractivity contribution in [3.63, 3.8) is 0 Å². The van der Waals surface area contributed by atoms with Gasteiger partial charge in [0.15, 0.2) is 5.96 Å². The molecule has 0 spiro atoms. The molecule has 1 aliphatic rings. The van der Waals surface area contributed by atoms with Crippen LogP contribution in [0.2, 0.25) is 0 Å². The number of aryl methyl sites for hydroxylation is 1. The molecular weight excluding hydrogens is 332 g/mol. The lowest BCUT2D eigenvalue weighted by molar-refractivity contribution is -0.00808. The van der Waals surface area contributed by atoms with Crippen LogP contribution in [0.4, 0.5) is 8.78 Å². The third-order valence-electron chi connectivity index (χ3n) is 4.04. The number of imidazole rings is 1. The molecule has 1 unspecified atom stereocenters. The minimum absolute atomic E-state index is 0.107. The van der Waals surface area contributed by atoms with Gasteiger partial charge in [0.1, 0.15) is 11.9 Å². The molecule has 0 amide bonds. The number of aromatic nitrogens is 4. The normalized spacial score (nSPS) is 18.8. The van der Waals surface area contributed by atoms with E-state index in [-0.39, 0.29) is 18.5 Å². The first kappa shape index (κ1) is 17.3. The Morgan fingerprint density at radius 3 is 3.04 bits per heavy atom. The van der Waals surface area contributed by atoms with Crippen molar-refractivity contribution in [3.8, 4) is 0 Å². The van der Waals surface area contributed by atoms with Gasteiger partial charge in [-0.15, -0.1) is 0 Å². The Labute approximate surface area is 144 Å². The topological polar surface area (TPSA) is 72.5 Å². The Morgan fingerprint density at radius 2 is 2.36 bits per heavy atom. The van der Waals surface area contributed by atoms with Crippen LogP contribution >= 0.6 is 0 Å². The van der Waals surface area contributed by atoms with Crippen molar-refractivity contribution in [3.05, 3.63) is 36.2 Å². The predicted octanol–water partition coefficient (Wildman–Crippen LogP) is 1.16. The SMILES string of the molecule is CN=C(NCc1nccn1C(F)F)N1CCOC(c2cnn(C)c2)C1. The fourth-order valence-corrected chi connectivity index (χ4v) is 2.80. The van der Waals surface area contributed by atoms with E-state index < -0.39 is 6.55 Å². The van der Waals surface area contributed by atoms with Gasteiger partial charge in [0.05, 0.1) is 25.9 Å². The van der Waals surface area contributed by atoms with Crippen molar-refractivity contribution in [2.75, 3.05) is 26.7 Å². The molecule has 1 atom stereocenters. The zero-order valence-corrected chi connectivity index (χ0v) is 14.1. The fraction of sp³-hybridized carbons (Fsp3) is 0.533. The Morgan fingerprint density at radius 1 is 1.52 bits per heavy atom. The van der Waals surface area contributed by atoms with Crippen LogP contribution in [0, 0.1) is 0 Å². The highest BCUT2D eigenvalue weighted by molar-refractivity contribution is 5.79. The molecular formula is C15H21F2N7O. The van der Waals surface area contributed by atoms with E-state index in [1.165, 1.54) is 12.4 Å². The van der Waals surface area contributed by atoms with Gasteiger partial charge in [-0.1, -0.05) is 0 Å². The van der Waals surface area contributed by atoms with Crippen molar-refractivity contribution in [1.29, 1.82) is 0 Å². The zero-order valence-electron chi connectivity index (χ0n) is 14.1. The van der Waals surface area contributed by atoms with Crippen LogP contribution in [0.15, 0.2) is 29.8 Å². The molecule has 25 heavy (non-hydrogen) atoms. The first-order valence-electron chi connectivity index (χ1n) is 7.94. The molecule has 0 aromatic carbocycles. The summed E-state index contributed by atoms with van der Waals surface area (Å²) >= 11 is 0. The number of alkyl halides is 2. The molecule has 2 aromatic heterocycles. The van der Waals surface area contributed by atoms with Crippen LogP contribution in [0.1, 0.15) is 24.0 Å². The molecule has 1 saturated heterocycles. The standard InChI is InChI=1S/C15H21F2N7O/c1-18-15(20-8-13-19-3-4-24(13)14(16)17)23-5-6-25-12(10-23)11-7-21-22(2)9-11/h3-4,7,9,12,14H,5-6,8,10H2,1-2H3,(H,18,20). The molecule has 0 radical (unpaired) electrons. The Bertz CT molecular complexity index is 727. The van der Waals surface area contributed by atoms with E-state index in [1.807, 2.05) is 18.1 Å². The lowest BCUT2D eigenvalue weighted by Gasteiger charge is -2.34. The number of aliphatic imine (C=N–C) groups is 1. The molecule has 3 rings (SSSR count). The second-order valence-electron chi connectivity index (χ2n) is 5.68. The highest BCUT2D eigenvalue weighted by atomic mass is 19.3. The van der Waals surface area contributed by atoms with Gasteiger partial charge in [-0.25, -0.2) is 4.98 Å². The number of rotatable bonds is 4. The van der Waals surface area contributed by atoms with E-state index >= 15 is 0 Å². The molecule has 3 heterocycles. The lowest BCUT2D eigenvalue weighted by Crippen LogP contribution is -2.48. The fourth-order valence-electron chi connectivity index (χ4n) is 2.80. The first-order chi connectivity index (χ1) is 12.1. The molecule has 1 N–H and O–H groups in total. The number of nitrogens with zero attached hydrogens (tertiary/aromatic N) is 6. The van der Waals surface area contributed by atoms with E-state index in [9.17, 15) is 8.78 Å². The van der Waals surface area contributed by atoms with Gasteiger partial charge < -0.3 is 15.0 Å².